The second-order valence-corrected chi connectivity index (χ2v) is 6.59. The average Bonchev–Trinajstić information content (AvgIpc) is 2.78. The van der Waals surface area contributed by atoms with Gasteiger partial charge in [0.15, 0.2) is 11.2 Å². The van der Waals surface area contributed by atoms with Crippen molar-refractivity contribution in [2.45, 2.75) is 6.61 Å². The molecule has 30 heavy (non-hydrogen) atoms. The highest BCUT2D eigenvalue weighted by atomic mass is 16.5. The maximum atomic E-state index is 12.6. The number of nitrogens with one attached hydrogen (secondary N) is 1. The highest BCUT2D eigenvalue weighted by Crippen LogP contribution is 2.21. The number of ether oxygens (including phenoxy) is 2. The van der Waals surface area contributed by atoms with Gasteiger partial charge in [0.05, 0.1) is 12.5 Å². The van der Waals surface area contributed by atoms with E-state index < -0.39 is 5.91 Å². The van der Waals surface area contributed by atoms with Gasteiger partial charge in [-0.25, -0.2) is 0 Å². The quantitative estimate of drug-likeness (QED) is 0.510. The first-order valence-corrected chi connectivity index (χ1v) is 9.32. The smallest absolute Gasteiger partial charge is 0.291 e. The van der Waals surface area contributed by atoms with Gasteiger partial charge < -0.3 is 19.2 Å². The van der Waals surface area contributed by atoms with E-state index in [1.54, 1.807) is 42.5 Å². The van der Waals surface area contributed by atoms with E-state index in [4.69, 9.17) is 13.9 Å². The van der Waals surface area contributed by atoms with Crippen molar-refractivity contribution in [3.8, 4) is 11.5 Å². The van der Waals surface area contributed by atoms with Crippen LogP contribution in [0.25, 0.3) is 11.0 Å². The molecule has 6 nitrogen and oxygen atoms in total. The van der Waals surface area contributed by atoms with Crippen LogP contribution in [0.4, 0.5) is 5.69 Å². The third-order valence-corrected chi connectivity index (χ3v) is 4.52. The molecule has 150 valence electrons. The summed E-state index contributed by atoms with van der Waals surface area (Å²) >= 11 is 0. The Kier molecular flexibility index (Phi) is 5.48. The molecule has 1 amide bonds. The van der Waals surface area contributed by atoms with Gasteiger partial charge in [0.25, 0.3) is 5.91 Å². The van der Waals surface area contributed by atoms with Crippen LogP contribution in [-0.2, 0) is 6.61 Å². The summed E-state index contributed by atoms with van der Waals surface area (Å²) in [5.41, 5.74) is 1.61. The summed E-state index contributed by atoms with van der Waals surface area (Å²) in [5, 5.41) is 3.10. The number of benzene rings is 3. The number of methoxy groups -OCH3 is 1. The first-order chi connectivity index (χ1) is 14.6. The van der Waals surface area contributed by atoms with Crippen LogP contribution in [-0.4, -0.2) is 13.0 Å². The molecule has 3 aromatic carbocycles. The van der Waals surface area contributed by atoms with E-state index in [1.165, 1.54) is 13.2 Å². The Morgan fingerprint density at radius 1 is 0.933 bits per heavy atom. The molecule has 0 aliphatic heterocycles. The molecule has 0 fully saturated rings. The minimum Gasteiger partial charge on any atom is -0.497 e. The molecule has 0 aliphatic carbocycles. The van der Waals surface area contributed by atoms with Crippen LogP contribution in [0.5, 0.6) is 11.5 Å². The molecule has 1 heterocycles. The minimum absolute atomic E-state index is 0.0786. The molecule has 1 N–H and O–H groups in total. The largest absolute Gasteiger partial charge is 0.497 e. The fourth-order valence-corrected chi connectivity index (χ4v) is 2.94. The highest BCUT2D eigenvalue weighted by Gasteiger charge is 2.13. The zero-order valence-corrected chi connectivity index (χ0v) is 16.3. The van der Waals surface area contributed by atoms with Crippen LogP contribution in [0, 0.1) is 0 Å². The van der Waals surface area contributed by atoms with E-state index in [0.29, 0.717) is 29.2 Å². The lowest BCUT2D eigenvalue weighted by atomic mass is 10.2. The summed E-state index contributed by atoms with van der Waals surface area (Å²) in [5.74, 6) is 0.621. The normalized spacial score (nSPS) is 10.6. The van der Waals surface area contributed by atoms with Crippen LogP contribution in [0.3, 0.4) is 0 Å². The summed E-state index contributed by atoms with van der Waals surface area (Å²) in [6, 6.07) is 22.8. The fourth-order valence-electron chi connectivity index (χ4n) is 2.94. The Labute approximate surface area is 172 Å². The van der Waals surface area contributed by atoms with Gasteiger partial charge in [0.1, 0.15) is 23.7 Å². The number of fused-ring (bicyclic) bond motifs is 1. The van der Waals surface area contributed by atoms with Crippen molar-refractivity contribution in [3.05, 3.63) is 100 Å². The van der Waals surface area contributed by atoms with E-state index in [9.17, 15) is 9.59 Å². The Balaban J connectivity index is 1.46. The highest BCUT2D eigenvalue weighted by molar-refractivity contribution is 6.03. The number of amides is 1. The van der Waals surface area contributed by atoms with E-state index in [0.717, 1.165) is 5.56 Å². The lowest BCUT2D eigenvalue weighted by Crippen LogP contribution is -2.15. The van der Waals surface area contributed by atoms with Crippen molar-refractivity contribution in [2.75, 3.05) is 12.4 Å². The van der Waals surface area contributed by atoms with Crippen molar-refractivity contribution in [1.82, 2.24) is 0 Å². The lowest BCUT2D eigenvalue weighted by molar-refractivity contribution is 0.0997. The van der Waals surface area contributed by atoms with Crippen molar-refractivity contribution >= 4 is 22.6 Å². The predicted octanol–water partition coefficient (Wildman–Crippen LogP) is 4.63. The van der Waals surface area contributed by atoms with Crippen molar-refractivity contribution in [1.29, 1.82) is 0 Å². The monoisotopic (exact) mass is 401 g/mol. The van der Waals surface area contributed by atoms with Crippen LogP contribution in [0.2, 0.25) is 0 Å². The van der Waals surface area contributed by atoms with E-state index >= 15 is 0 Å². The van der Waals surface area contributed by atoms with Crippen molar-refractivity contribution in [3.63, 3.8) is 0 Å². The Bertz CT molecular complexity index is 1230. The molecule has 0 spiro atoms. The molecule has 0 atom stereocenters. The van der Waals surface area contributed by atoms with Crippen LogP contribution in [0.15, 0.2) is 88.1 Å². The first-order valence-electron chi connectivity index (χ1n) is 9.32. The van der Waals surface area contributed by atoms with Gasteiger partial charge in [-0.05, 0) is 42.0 Å². The van der Waals surface area contributed by atoms with Crippen LogP contribution < -0.4 is 20.2 Å². The first kappa shape index (κ1) is 19.3. The minimum atomic E-state index is -0.519. The van der Waals surface area contributed by atoms with Gasteiger partial charge in [-0.1, -0.05) is 30.3 Å². The van der Waals surface area contributed by atoms with Crippen LogP contribution >= 0.6 is 0 Å². The lowest BCUT2D eigenvalue weighted by Gasteiger charge is -2.09. The van der Waals surface area contributed by atoms with Crippen LogP contribution in [0.1, 0.15) is 16.1 Å². The summed E-state index contributed by atoms with van der Waals surface area (Å²) in [6.45, 7) is 0.457. The molecule has 0 bridgehead atoms. The Hall–Kier alpha value is -4.06. The maximum absolute atomic E-state index is 12.6. The SMILES string of the molecule is COc1ccc2c(=O)cc(C(=O)Nc3ccc(OCc4ccccc4)cc3)oc2c1. The molecule has 0 unspecified atom stereocenters. The molecular weight excluding hydrogens is 382 g/mol. The molecule has 1 aromatic heterocycles. The van der Waals surface area contributed by atoms with E-state index in [-0.39, 0.29) is 16.8 Å². The topological polar surface area (TPSA) is 77.8 Å². The fraction of sp³-hybridized carbons (Fsp3) is 0.0833. The standard InChI is InChI=1S/C24H19NO5/c1-28-19-11-12-20-21(26)14-23(30-22(20)13-19)24(27)25-17-7-9-18(10-8-17)29-15-16-5-3-2-4-6-16/h2-14H,15H2,1H3,(H,25,27). The molecule has 4 rings (SSSR count). The number of carbonyl (C=O) groups is 1. The number of hydrogen-bond acceptors (Lipinski definition) is 5. The molecular formula is C24H19NO5. The van der Waals surface area contributed by atoms with E-state index in [2.05, 4.69) is 5.32 Å². The summed E-state index contributed by atoms with van der Waals surface area (Å²) in [6.07, 6.45) is 0. The second kappa shape index (κ2) is 8.53. The van der Waals surface area contributed by atoms with Gasteiger partial charge >= 0.3 is 0 Å². The number of rotatable bonds is 6. The van der Waals surface area contributed by atoms with Gasteiger partial charge in [-0.15, -0.1) is 0 Å². The zero-order chi connectivity index (χ0) is 20.9. The maximum Gasteiger partial charge on any atom is 0.291 e. The molecule has 6 heteroatoms. The number of anilines is 1. The average molecular weight is 401 g/mol. The number of carbonyl (C=O) groups excluding carboxylic acids is 1. The van der Waals surface area contributed by atoms with Gasteiger partial charge in [-0.2, -0.15) is 0 Å². The predicted molar refractivity (Wildman–Crippen MR) is 114 cm³/mol. The summed E-state index contributed by atoms with van der Waals surface area (Å²) in [7, 11) is 1.52. The Morgan fingerprint density at radius 2 is 1.67 bits per heavy atom. The Morgan fingerprint density at radius 3 is 2.40 bits per heavy atom. The van der Waals surface area contributed by atoms with Crippen molar-refractivity contribution in [2.24, 2.45) is 0 Å². The zero-order valence-electron chi connectivity index (χ0n) is 16.3. The molecule has 0 saturated carbocycles. The van der Waals surface area contributed by atoms with E-state index in [1.807, 2.05) is 30.3 Å². The second-order valence-electron chi connectivity index (χ2n) is 6.59. The summed E-state index contributed by atoms with van der Waals surface area (Å²) < 4.78 is 16.5. The van der Waals surface area contributed by atoms with Gasteiger partial charge in [-0.3, -0.25) is 9.59 Å². The number of hydrogen-bond donors (Lipinski definition) is 1. The summed E-state index contributed by atoms with van der Waals surface area (Å²) in [4.78, 5) is 24.8. The molecule has 4 aromatic rings. The molecule has 0 aliphatic rings. The van der Waals surface area contributed by atoms with Crippen molar-refractivity contribution < 1.29 is 18.7 Å². The third-order valence-electron chi connectivity index (χ3n) is 4.52. The van der Waals surface area contributed by atoms with Gasteiger partial charge in [0.2, 0.25) is 0 Å². The molecule has 0 radical (unpaired) electrons. The molecule has 0 saturated heterocycles. The van der Waals surface area contributed by atoms with Gasteiger partial charge in [0, 0.05) is 17.8 Å². The third kappa shape index (κ3) is 4.33.